The van der Waals surface area contributed by atoms with E-state index in [0.717, 1.165) is 36.8 Å². The highest BCUT2D eigenvalue weighted by Crippen LogP contribution is 2.28. The lowest BCUT2D eigenvalue weighted by Crippen LogP contribution is -2.53. The number of amides is 2. The molecule has 3 aromatic rings. The van der Waals surface area contributed by atoms with Gasteiger partial charge in [-0.15, -0.1) is 0 Å². The predicted octanol–water partition coefficient (Wildman–Crippen LogP) is 7.32. The second-order valence-corrected chi connectivity index (χ2v) is 11.1. The van der Waals surface area contributed by atoms with Crippen LogP contribution in [0.2, 0.25) is 10.0 Å². The molecule has 0 radical (unpaired) electrons. The molecule has 4 rings (SSSR count). The largest absolute Gasteiger partial charge is 0.352 e. The molecule has 0 aromatic heterocycles. The first-order valence-electron chi connectivity index (χ1n) is 13.5. The van der Waals surface area contributed by atoms with Crippen LogP contribution in [0.25, 0.3) is 0 Å². The molecule has 0 saturated heterocycles. The lowest BCUT2D eigenvalue weighted by atomic mass is 9.94. The lowest BCUT2D eigenvalue weighted by Gasteiger charge is -2.34. The first-order chi connectivity index (χ1) is 18.4. The molecular weight excluding hydrogens is 515 g/mol. The smallest absolute Gasteiger partial charge is 0.243 e. The van der Waals surface area contributed by atoms with Crippen molar-refractivity contribution in [2.24, 2.45) is 0 Å². The van der Waals surface area contributed by atoms with Crippen LogP contribution >= 0.6 is 23.2 Å². The summed E-state index contributed by atoms with van der Waals surface area (Å²) in [6.07, 6.45) is 6.67. The lowest BCUT2D eigenvalue weighted by molar-refractivity contribution is -0.141. The predicted molar refractivity (Wildman–Crippen MR) is 155 cm³/mol. The van der Waals surface area contributed by atoms with Gasteiger partial charge in [-0.25, -0.2) is 0 Å². The van der Waals surface area contributed by atoms with E-state index in [-0.39, 0.29) is 30.8 Å². The number of carbonyl (C=O) groups is 2. The molecule has 6 heteroatoms. The summed E-state index contributed by atoms with van der Waals surface area (Å²) in [6, 6.07) is 22.9. The molecule has 38 heavy (non-hydrogen) atoms. The van der Waals surface area contributed by atoms with Gasteiger partial charge in [0, 0.05) is 41.0 Å². The number of benzene rings is 3. The van der Waals surface area contributed by atoms with Gasteiger partial charge in [0.15, 0.2) is 0 Å². The third-order valence-corrected chi connectivity index (χ3v) is 8.07. The first kappa shape index (κ1) is 28.2. The molecule has 0 heterocycles. The van der Waals surface area contributed by atoms with E-state index in [2.05, 4.69) is 29.6 Å². The molecule has 0 aliphatic heterocycles. The van der Waals surface area contributed by atoms with Crippen molar-refractivity contribution in [1.29, 1.82) is 0 Å². The fourth-order valence-electron chi connectivity index (χ4n) is 5.10. The second-order valence-electron chi connectivity index (χ2n) is 10.3. The minimum Gasteiger partial charge on any atom is -0.352 e. The Bertz CT molecular complexity index is 1190. The number of carbonyl (C=O) groups excluding carboxylic acids is 2. The summed E-state index contributed by atoms with van der Waals surface area (Å²) >= 11 is 13.1. The van der Waals surface area contributed by atoms with Gasteiger partial charge in [0.05, 0.1) is 0 Å². The zero-order chi connectivity index (χ0) is 26.9. The van der Waals surface area contributed by atoms with Crippen LogP contribution in [0, 0.1) is 6.92 Å². The summed E-state index contributed by atoms with van der Waals surface area (Å²) in [5.74, 6) is -0.214. The molecule has 2 amide bonds. The Morgan fingerprint density at radius 1 is 0.868 bits per heavy atom. The Morgan fingerprint density at radius 3 is 2.18 bits per heavy atom. The number of aryl methyl sites for hydroxylation is 2. The normalized spacial score (nSPS) is 14.6. The van der Waals surface area contributed by atoms with Crippen molar-refractivity contribution in [3.63, 3.8) is 0 Å². The third-order valence-electron chi connectivity index (χ3n) is 7.36. The van der Waals surface area contributed by atoms with E-state index in [0.29, 0.717) is 28.5 Å². The molecule has 1 unspecified atom stereocenters. The van der Waals surface area contributed by atoms with Crippen LogP contribution in [0.15, 0.2) is 72.8 Å². The van der Waals surface area contributed by atoms with Gasteiger partial charge in [-0.2, -0.15) is 0 Å². The topological polar surface area (TPSA) is 49.4 Å². The van der Waals surface area contributed by atoms with Gasteiger partial charge in [0.2, 0.25) is 11.8 Å². The van der Waals surface area contributed by atoms with Crippen LogP contribution in [-0.4, -0.2) is 28.8 Å². The molecule has 4 nitrogen and oxygen atoms in total. The first-order valence-corrected chi connectivity index (χ1v) is 14.3. The van der Waals surface area contributed by atoms with Gasteiger partial charge in [0.1, 0.15) is 6.04 Å². The minimum absolute atomic E-state index is 0.0960. The molecule has 0 spiro atoms. The van der Waals surface area contributed by atoms with E-state index in [1.165, 1.54) is 12.0 Å². The summed E-state index contributed by atoms with van der Waals surface area (Å²) in [5, 5.41) is 4.24. The molecule has 3 aromatic carbocycles. The monoisotopic (exact) mass is 550 g/mol. The highest BCUT2D eigenvalue weighted by molar-refractivity contribution is 6.36. The molecular formula is C32H36Cl2N2O2. The van der Waals surface area contributed by atoms with Crippen molar-refractivity contribution in [2.75, 3.05) is 0 Å². The van der Waals surface area contributed by atoms with Gasteiger partial charge in [0.25, 0.3) is 0 Å². The maximum absolute atomic E-state index is 13.9. The molecule has 1 aliphatic rings. The van der Waals surface area contributed by atoms with Crippen LogP contribution in [0.1, 0.15) is 60.8 Å². The number of nitrogens with zero attached hydrogens (tertiary/aromatic N) is 1. The average Bonchev–Trinajstić information content (AvgIpc) is 2.92. The summed E-state index contributed by atoms with van der Waals surface area (Å²) < 4.78 is 0. The summed E-state index contributed by atoms with van der Waals surface area (Å²) in [7, 11) is 0. The fraction of sp³-hybridized carbons (Fsp3) is 0.375. The van der Waals surface area contributed by atoms with Gasteiger partial charge < -0.3 is 10.2 Å². The molecule has 0 bridgehead atoms. The summed E-state index contributed by atoms with van der Waals surface area (Å²) in [4.78, 5) is 29.4. The Kier molecular flexibility index (Phi) is 10.3. The van der Waals surface area contributed by atoms with Crippen LogP contribution in [0.5, 0.6) is 0 Å². The minimum atomic E-state index is -0.683. The van der Waals surface area contributed by atoms with E-state index in [9.17, 15) is 9.59 Å². The molecule has 1 fully saturated rings. The van der Waals surface area contributed by atoms with E-state index < -0.39 is 6.04 Å². The summed E-state index contributed by atoms with van der Waals surface area (Å²) in [6.45, 7) is 2.21. The highest BCUT2D eigenvalue weighted by atomic mass is 35.5. The van der Waals surface area contributed by atoms with E-state index in [1.807, 2.05) is 37.3 Å². The number of rotatable bonds is 10. The van der Waals surface area contributed by atoms with Crippen molar-refractivity contribution in [3.8, 4) is 0 Å². The zero-order valence-corrected chi connectivity index (χ0v) is 23.5. The van der Waals surface area contributed by atoms with Crippen molar-refractivity contribution in [3.05, 3.63) is 105 Å². The van der Waals surface area contributed by atoms with Gasteiger partial charge in [-0.1, -0.05) is 109 Å². The zero-order valence-electron chi connectivity index (χ0n) is 22.0. The number of hydrogen-bond donors (Lipinski definition) is 1. The van der Waals surface area contributed by atoms with Crippen molar-refractivity contribution < 1.29 is 9.59 Å². The SMILES string of the molecule is Cc1ccc(CCC(=O)N(Cc2c(Cl)cccc2Cl)C(Cc2ccccc2)C(=O)NC2CCCCC2)cc1. The maximum atomic E-state index is 13.9. The molecule has 1 aliphatic carbocycles. The van der Waals surface area contributed by atoms with Gasteiger partial charge >= 0.3 is 0 Å². The number of hydrogen-bond acceptors (Lipinski definition) is 2. The Hall–Kier alpha value is -2.82. The van der Waals surface area contributed by atoms with Crippen molar-refractivity contribution in [1.82, 2.24) is 10.2 Å². The van der Waals surface area contributed by atoms with E-state index in [4.69, 9.17) is 23.2 Å². The molecule has 200 valence electrons. The number of halogens is 2. The Labute approximate surface area is 236 Å². The van der Waals surface area contributed by atoms with Crippen LogP contribution in [0.4, 0.5) is 0 Å². The Balaban J connectivity index is 1.64. The molecule has 1 N–H and O–H groups in total. The molecule has 1 atom stereocenters. The van der Waals surface area contributed by atoms with E-state index in [1.54, 1.807) is 23.1 Å². The highest BCUT2D eigenvalue weighted by Gasteiger charge is 2.32. The fourth-order valence-corrected chi connectivity index (χ4v) is 5.62. The number of nitrogens with one attached hydrogen (secondary N) is 1. The van der Waals surface area contributed by atoms with Crippen LogP contribution in [0.3, 0.4) is 0 Å². The van der Waals surface area contributed by atoms with Crippen LogP contribution < -0.4 is 5.32 Å². The maximum Gasteiger partial charge on any atom is 0.243 e. The quantitative estimate of drug-likeness (QED) is 0.287. The standard InChI is InChI=1S/C32H36Cl2N2O2/c1-23-15-17-24(18-16-23)19-20-31(37)36(22-27-28(33)13-8-14-29(27)34)30(21-25-9-4-2-5-10-25)32(38)35-26-11-6-3-7-12-26/h2,4-5,8-10,13-18,26,30H,3,6-7,11-12,19-22H2,1H3,(H,35,38). The van der Waals surface area contributed by atoms with Crippen molar-refractivity contribution in [2.45, 2.75) is 76.9 Å². The third kappa shape index (κ3) is 7.85. The van der Waals surface area contributed by atoms with Gasteiger partial charge in [-0.3, -0.25) is 9.59 Å². The van der Waals surface area contributed by atoms with Gasteiger partial charge in [-0.05, 0) is 49.4 Å². The molecule has 1 saturated carbocycles. The second kappa shape index (κ2) is 13.8. The van der Waals surface area contributed by atoms with Crippen molar-refractivity contribution >= 4 is 35.0 Å². The Morgan fingerprint density at radius 2 is 1.53 bits per heavy atom. The average molecular weight is 552 g/mol. The summed E-state index contributed by atoms with van der Waals surface area (Å²) in [5.41, 5.74) is 3.92. The van der Waals surface area contributed by atoms with E-state index >= 15 is 0 Å². The van der Waals surface area contributed by atoms with Crippen LogP contribution in [-0.2, 0) is 29.0 Å².